The Bertz CT molecular complexity index is 807. The molecule has 0 fully saturated rings. The first-order valence-corrected chi connectivity index (χ1v) is 41.3. The Labute approximate surface area is 315 Å². The van der Waals surface area contributed by atoms with Gasteiger partial charge < -0.3 is 35.2 Å². The van der Waals surface area contributed by atoms with E-state index in [-0.39, 0.29) is 0 Å². The largest absolute Gasteiger partial charge is 0.500 e. The van der Waals surface area contributed by atoms with E-state index in [0.29, 0.717) is 19.8 Å². The molecule has 0 saturated carbocycles. The van der Waals surface area contributed by atoms with E-state index in [1.807, 2.05) is 20.8 Å². The standard InChI is InChI=1S/C20H52N2O3Si4.C14H37NO2Si3/c1-13-23-29(24-14-2,25-15-3)20-16-17-21(26(4,5)6)18-19-22(27(7,8)9)28(10,11)12;1-10-16-20(9,17-11-2)14-12-13-15(18(3,4)5)19(6,7)8/h13-20H2,1-12H3;10-14H2,1-9H3. The van der Waals surface area contributed by atoms with Crippen LogP contribution in [0.3, 0.4) is 0 Å². The third-order valence-corrected chi connectivity index (χ3v) is 32.7. The molecule has 15 heteroatoms. The van der Waals surface area contributed by atoms with Gasteiger partial charge in [0.25, 0.3) is 0 Å². The summed E-state index contributed by atoms with van der Waals surface area (Å²) in [6.45, 7) is 57.9. The summed E-state index contributed by atoms with van der Waals surface area (Å²) in [6.07, 6.45) is 2.29. The molecule has 0 aliphatic heterocycles. The maximum Gasteiger partial charge on any atom is 0.500 e. The van der Waals surface area contributed by atoms with Crippen molar-refractivity contribution in [1.29, 1.82) is 0 Å². The minimum absolute atomic E-state index is 0.658. The third-order valence-electron chi connectivity index (χ3n) is 8.70. The van der Waals surface area contributed by atoms with Gasteiger partial charge in [-0.15, -0.1) is 0 Å². The molecule has 0 atom stereocenters. The second-order valence-electron chi connectivity index (χ2n) is 18.3. The van der Waals surface area contributed by atoms with Crippen molar-refractivity contribution in [3.05, 3.63) is 0 Å². The summed E-state index contributed by atoms with van der Waals surface area (Å²) in [5.41, 5.74) is 0. The van der Waals surface area contributed by atoms with Gasteiger partial charge in [0.2, 0.25) is 0 Å². The average molecular weight is 817 g/mol. The molecule has 0 aliphatic carbocycles. The molecule has 0 rings (SSSR count). The Morgan fingerprint density at radius 1 is 0.347 bits per heavy atom. The van der Waals surface area contributed by atoms with E-state index in [9.17, 15) is 0 Å². The second-order valence-corrected chi connectivity index (χ2v) is 49.8. The van der Waals surface area contributed by atoms with Crippen LogP contribution < -0.4 is 0 Å². The van der Waals surface area contributed by atoms with E-state index >= 15 is 0 Å². The molecule has 49 heavy (non-hydrogen) atoms. The van der Waals surface area contributed by atoms with Crippen LogP contribution in [0.1, 0.15) is 47.5 Å². The Hall–Kier alpha value is 1.20. The molecule has 0 saturated heterocycles. The fourth-order valence-corrected chi connectivity index (χ4v) is 33.1. The minimum Gasteiger partial charge on any atom is -0.395 e. The smallest absolute Gasteiger partial charge is 0.395 e. The molecule has 0 N–H and O–H groups in total. The Balaban J connectivity index is 0. The summed E-state index contributed by atoms with van der Waals surface area (Å²) >= 11 is 0. The van der Waals surface area contributed by atoms with Crippen molar-refractivity contribution in [3.8, 4) is 0 Å². The van der Waals surface area contributed by atoms with Crippen LogP contribution in [0, 0.1) is 0 Å². The van der Waals surface area contributed by atoms with E-state index < -0.39 is 58.5 Å². The summed E-state index contributed by atoms with van der Waals surface area (Å²) in [6, 6.07) is 2.02. The van der Waals surface area contributed by atoms with Crippen LogP contribution >= 0.6 is 0 Å². The van der Waals surface area contributed by atoms with Crippen LogP contribution in [-0.4, -0.2) is 131 Å². The summed E-state index contributed by atoms with van der Waals surface area (Å²) < 4.78 is 38.6. The summed E-state index contributed by atoms with van der Waals surface area (Å²) in [5, 5.41) is 0. The molecule has 0 unspecified atom stereocenters. The quantitative estimate of drug-likeness (QED) is 0.0801. The predicted octanol–water partition coefficient (Wildman–Crippen LogP) is 10.0. The zero-order valence-corrected chi connectivity index (χ0v) is 44.1. The topological polar surface area (TPSA) is 55.9 Å². The lowest BCUT2D eigenvalue weighted by Crippen LogP contribution is -2.62. The van der Waals surface area contributed by atoms with E-state index in [4.69, 9.17) is 22.1 Å². The van der Waals surface area contributed by atoms with Crippen molar-refractivity contribution in [1.82, 2.24) is 13.0 Å². The van der Waals surface area contributed by atoms with Crippen LogP contribution in [0.25, 0.3) is 0 Å². The number of nitrogens with zero attached hydrogens (tertiary/aromatic N) is 3. The molecule has 0 aliphatic rings. The van der Waals surface area contributed by atoms with Crippen molar-refractivity contribution in [2.75, 3.05) is 59.2 Å². The van der Waals surface area contributed by atoms with Gasteiger partial charge in [-0.3, -0.25) is 0 Å². The Kier molecular flexibility index (Phi) is 24.8. The molecule has 0 aromatic rings. The van der Waals surface area contributed by atoms with Crippen molar-refractivity contribution in [3.63, 3.8) is 0 Å². The first kappa shape index (κ1) is 52.3. The molecule has 0 aromatic heterocycles. The maximum atomic E-state index is 6.06. The molecule has 0 radical (unpaired) electrons. The summed E-state index contributed by atoms with van der Waals surface area (Å²) in [4.78, 5) is 0. The van der Waals surface area contributed by atoms with Gasteiger partial charge in [0.05, 0.1) is 0 Å². The van der Waals surface area contributed by atoms with E-state index in [2.05, 4.69) is 132 Å². The van der Waals surface area contributed by atoms with Crippen LogP contribution in [0.4, 0.5) is 0 Å². The Morgan fingerprint density at radius 3 is 0.980 bits per heavy atom. The van der Waals surface area contributed by atoms with Crippen LogP contribution in [0.2, 0.25) is 117 Å². The van der Waals surface area contributed by atoms with Gasteiger partial charge in [-0.1, -0.05) is 98.2 Å². The lowest BCUT2D eigenvalue weighted by atomic mass is 10.4. The molecule has 0 spiro atoms. The van der Waals surface area contributed by atoms with E-state index in [1.165, 1.54) is 26.1 Å². The fraction of sp³-hybridized carbons (Fsp3) is 1.00. The van der Waals surface area contributed by atoms with Crippen molar-refractivity contribution < 1.29 is 22.1 Å². The predicted molar refractivity (Wildman–Crippen MR) is 236 cm³/mol. The highest BCUT2D eigenvalue weighted by Gasteiger charge is 2.41. The Morgan fingerprint density at radius 2 is 0.673 bits per heavy atom. The van der Waals surface area contributed by atoms with Crippen LogP contribution in [0.15, 0.2) is 0 Å². The maximum absolute atomic E-state index is 6.06. The highest BCUT2D eigenvalue weighted by Crippen LogP contribution is 2.24. The zero-order chi connectivity index (χ0) is 39.0. The molecule has 0 bridgehead atoms. The van der Waals surface area contributed by atoms with Gasteiger partial charge in [-0.2, -0.15) is 0 Å². The second kappa shape index (κ2) is 23.2. The highest BCUT2D eigenvalue weighted by molar-refractivity contribution is 6.90. The van der Waals surface area contributed by atoms with Gasteiger partial charge in [-0.25, -0.2) is 0 Å². The molecule has 8 nitrogen and oxygen atoms in total. The van der Waals surface area contributed by atoms with Crippen LogP contribution in [-0.2, 0) is 22.1 Å². The highest BCUT2D eigenvalue weighted by atomic mass is 28.4. The lowest BCUT2D eigenvalue weighted by Gasteiger charge is -2.46. The first-order valence-electron chi connectivity index (χ1n) is 19.6. The molecular formula is C34H89N3O5Si7. The van der Waals surface area contributed by atoms with Crippen molar-refractivity contribution >= 4 is 58.5 Å². The zero-order valence-electron chi connectivity index (χ0n) is 37.1. The molecular weight excluding hydrogens is 727 g/mol. The average Bonchev–Trinajstić information content (AvgIpc) is 2.88. The summed E-state index contributed by atoms with van der Waals surface area (Å²) in [5.74, 6) is 0. The summed E-state index contributed by atoms with van der Waals surface area (Å²) in [7, 11) is -10.9. The monoisotopic (exact) mass is 816 g/mol. The first-order chi connectivity index (χ1) is 22.1. The minimum atomic E-state index is -2.53. The van der Waals surface area contributed by atoms with Crippen LogP contribution in [0.5, 0.6) is 0 Å². The van der Waals surface area contributed by atoms with Crippen molar-refractivity contribution in [2.24, 2.45) is 0 Å². The molecule has 0 heterocycles. The van der Waals surface area contributed by atoms with Gasteiger partial charge in [0.1, 0.15) is 41.2 Å². The lowest BCUT2D eigenvalue weighted by molar-refractivity contribution is 0.0704. The SMILES string of the molecule is CCO[Si](C)(CCCN([Si](C)(C)C)[Si](C)(C)C)OCC.CCO[Si](CCCN(CCN([Si](C)(C)C)[Si](C)(C)C)[Si](C)(C)C)(OCC)OCC. The number of hydrogen-bond acceptors (Lipinski definition) is 8. The van der Waals surface area contributed by atoms with Gasteiger partial charge in [0, 0.05) is 45.6 Å². The number of rotatable bonds is 26. The van der Waals surface area contributed by atoms with Crippen molar-refractivity contribution in [2.45, 2.75) is 164 Å². The van der Waals surface area contributed by atoms with Gasteiger partial charge >= 0.3 is 17.4 Å². The van der Waals surface area contributed by atoms with Gasteiger partial charge in [-0.05, 0) is 79.7 Å². The molecule has 0 aromatic carbocycles. The third kappa shape index (κ3) is 22.2. The molecule has 298 valence electrons. The van der Waals surface area contributed by atoms with E-state index in [1.54, 1.807) is 0 Å². The fourth-order valence-electron chi connectivity index (χ4n) is 7.20. The van der Waals surface area contributed by atoms with E-state index in [0.717, 1.165) is 38.3 Å². The number of hydrogen-bond donors (Lipinski definition) is 0. The van der Waals surface area contributed by atoms with Gasteiger partial charge in [0.15, 0.2) is 0 Å². The molecule has 0 amide bonds. The normalized spacial score (nSPS) is 14.2.